The molecule has 0 radical (unpaired) electrons. The van der Waals surface area contributed by atoms with E-state index in [4.69, 9.17) is 10.8 Å². The first-order valence-corrected chi connectivity index (χ1v) is 4.42. The van der Waals surface area contributed by atoms with Crippen LogP contribution in [0.25, 0.3) is 5.69 Å². The second-order valence-corrected chi connectivity index (χ2v) is 3.15. The number of halogens is 1. The van der Waals surface area contributed by atoms with Crippen molar-refractivity contribution in [3.8, 4) is 5.69 Å². The number of nitrogen functional groups attached to an aromatic ring is 1. The summed E-state index contributed by atoms with van der Waals surface area (Å²) in [5.41, 5.74) is 5.65. The summed E-state index contributed by atoms with van der Waals surface area (Å²) in [5.74, 6) is -2.19. The normalized spacial score (nSPS) is 10.3. The predicted molar refractivity (Wildman–Crippen MR) is 54.9 cm³/mol. The molecule has 0 amide bonds. The van der Waals surface area contributed by atoms with Gasteiger partial charge in [0.05, 0.1) is 16.9 Å². The van der Waals surface area contributed by atoms with Crippen molar-refractivity contribution in [3.05, 3.63) is 42.0 Å². The Bertz CT molecular complexity index is 537. The third-order valence-electron chi connectivity index (χ3n) is 2.10. The zero-order valence-corrected chi connectivity index (χ0v) is 8.09. The molecule has 0 aliphatic heterocycles. The van der Waals surface area contributed by atoms with Gasteiger partial charge < -0.3 is 10.8 Å². The number of aromatic carboxylic acids is 1. The van der Waals surface area contributed by atoms with E-state index in [9.17, 15) is 9.18 Å². The van der Waals surface area contributed by atoms with Crippen LogP contribution in [0.2, 0.25) is 0 Å². The van der Waals surface area contributed by atoms with Crippen LogP contribution in [0.15, 0.2) is 30.6 Å². The van der Waals surface area contributed by atoms with Crippen molar-refractivity contribution in [3.63, 3.8) is 0 Å². The molecule has 2 rings (SSSR count). The molecule has 16 heavy (non-hydrogen) atoms. The van der Waals surface area contributed by atoms with E-state index >= 15 is 0 Å². The second-order valence-electron chi connectivity index (χ2n) is 3.15. The molecule has 2 aromatic rings. The van der Waals surface area contributed by atoms with Crippen molar-refractivity contribution in [2.24, 2.45) is 0 Å². The molecule has 0 spiro atoms. The average molecular weight is 221 g/mol. The summed E-state index contributed by atoms with van der Waals surface area (Å²) in [6, 6.07) is 3.78. The molecule has 6 heteroatoms. The first kappa shape index (κ1) is 10.2. The van der Waals surface area contributed by atoms with E-state index in [-0.39, 0.29) is 5.69 Å². The highest BCUT2D eigenvalue weighted by atomic mass is 19.1. The van der Waals surface area contributed by atoms with Gasteiger partial charge in [0.2, 0.25) is 0 Å². The number of hydrogen-bond acceptors (Lipinski definition) is 3. The monoisotopic (exact) mass is 221 g/mol. The number of hydrogen-bond donors (Lipinski definition) is 2. The van der Waals surface area contributed by atoms with Gasteiger partial charge in [0.15, 0.2) is 0 Å². The zero-order chi connectivity index (χ0) is 11.7. The third-order valence-corrected chi connectivity index (χ3v) is 2.10. The Morgan fingerprint density at radius 2 is 2.25 bits per heavy atom. The van der Waals surface area contributed by atoms with Gasteiger partial charge in [0.25, 0.3) is 0 Å². The van der Waals surface area contributed by atoms with Crippen molar-refractivity contribution in [2.75, 3.05) is 5.73 Å². The van der Waals surface area contributed by atoms with Crippen molar-refractivity contribution in [1.82, 2.24) is 9.78 Å². The first-order valence-electron chi connectivity index (χ1n) is 4.42. The summed E-state index contributed by atoms with van der Waals surface area (Å²) in [5, 5.41) is 12.6. The molecule has 0 atom stereocenters. The molecular weight excluding hydrogens is 213 g/mol. The van der Waals surface area contributed by atoms with Crippen LogP contribution in [-0.2, 0) is 0 Å². The maximum Gasteiger partial charge on any atom is 0.338 e. The summed E-state index contributed by atoms with van der Waals surface area (Å²) in [4.78, 5) is 10.7. The van der Waals surface area contributed by atoms with Gasteiger partial charge in [-0.1, -0.05) is 0 Å². The van der Waals surface area contributed by atoms with Gasteiger partial charge >= 0.3 is 5.97 Å². The number of carbonyl (C=O) groups is 1. The predicted octanol–water partition coefficient (Wildman–Crippen LogP) is 1.29. The van der Waals surface area contributed by atoms with Gasteiger partial charge in [-0.3, -0.25) is 0 Å². The van der Waals surface area contributed by atoms with Crippen molar-refractivity contribution >= 4 is 11.7 Å². The van der Waals surface area contributed by atoms with Crippen LogP contribution in [0.5, 0.6) is 0 Å². The highest BCUT2D eigenvalue weighted by Crippen LogP contribution is 2.21. The maximum atomic E-state index is 13.4. The fraction of sp³-hybridized carbons (Fsp3) is 0. The molecular formula is C10H8FN3O2. The molecule has 1 aromatic carbocycles. The van der Waals surface area contributed by atoms with E-state index in [1.54, 1.807) is 12.3 Å². The van der Waals surface area contributed by atoms with Gasteiger partial charge in [-0.05, 0) is 12.1 Å². The van der Waals surface area contributed by atoms with E-state index in [1.165, 1.54) is 10.9 Å². The maximum absolute atomic E-state index is 13.4. The smallest absolute Gasteiger partial charge is 0.338 e. The Labute approximate surface area is 89.9 Å². The molecule has 0 fully saturated rings. The van der Waals surface area contributed by atoms with Gasteiger partial charge in [-0.25, -0.2) is 13.9 Å². The lowest BCUT2D eigenvalue weighted by molar-refractivity contribution is 0.0692. The standard InChI is InChI=1S/C10H8FN3O2/c11-7-5-9(14-3-1-2-13-14)8(12)4-6(7)10(15)16/h1-5H,12H2,(H,15,16). The van der Waals surface area contributed by atoms with Gasteiger partial charge in [-0.15, -0.1) is 0 Å². The van der Waals surface area contributed by atoms with Crippen molar-refractivity contribution < 1.29 is 14.3 Å². The Hall–Kier alpha value is -2.37. The zero-order valence-electron chi connectivity index (χ0n) is 8.09. The minimum Gasteiger partial charge on any atom is -0.478 e. The van der Waals surface area contributed by atoms with Crippen LogP contribution in [0.4, 0.5) is 10.1 Å². The van der Waals surface area contributed by atoms with E-state index < -0.39 is 17.3 Å². The minimum atomic E-state index is -1.35. The van der Waals surface area contributed by atoms with E-state index in [1.807, 2.05) is 0 Å². The molecule has 1 heterocycles. The summed E-state index contributed by atoms with van der Waals surface area (Å²) in [6.45, 7) is 0. The lowest BCUT2D eigenvalue weighted by Gasteiger charge is -2.07. The lowest BCUT2D eigenvalue weighted by Crippen LogP contribution is -2.06. The van der Waals surface area contributed by atoms with E-state index in [0.29, 0.717) is 5.69 Å². The summed E-state index contributed by atoms with van der Waals surface area (Å²) >= 11 is 0. The molecule has 3 N–H and O–H groups in total. The largest absolute Gasteiger partial charge is 0.478 e. The van der Waals surface area contributed by atoms with Gasteiger partial charge in [0, 0.05) is 18.5 Å². The Morgan fingerprint density at radius 3 is 2.81 bits per heavy atom. The third kappa shape index (κ3) is 1.60. The highest BCUT2D eigenvalue weighted by Gasteiger charge is 2.14. The number of carboxylic acid groups (broad SMARTS) is 1. The Kier molecular flexibility index (Phi) is 2.32. The van der Waals surface area contributed by atoms with Crippen LogP contribution in [0.3, 0.4) is 0 Å². The molecule has 0 aliphatic carbocycles. The molecule has 0 aliphatic rings. The number of nitrogens with zero attached hydrogens (tertiary/aromatic N) is 2. The molecule has 5 nitrogen and oxygen atoms in total. The highest BCUT2D eigenvalue weighted by molar-refractivity contribution is 5.90. The average Bonchev–Trinajstić information content (AvgIpc) is 2.73. The fourth-order valence-corrected chi connectivity index (χ4v) is 1.35. The number of rotatable bonds is 2. The molecule has 0 unspecified atom stereocenters. The molecule has 82 valence electrons. The summed E-state index contributed by atoms with van der Waals surface area (Å²) in [7, 11) is 0. The van der Waals surface area contributed by atoms with Crippen LogP contribution in [0, 0.1) is 5.82 Å². The minimum absolute atomic E-state index is 0.155. The van der Waals surface area contributed by atoms with Crippen LogP contribution in [0.1, 0.15) is 10.4 Å². The lowest BCUT2D eigenvalue weighted by atomic mass is 10.1. The van der Waals surface area contributed by atoms with Gasteiger partial charge in [0.1, 0.15) is 5.82 Å². The number of carboxylic acids is 1. The second kappa shape index (κ2) is 3.65. The molecule has 0 saturated carbocycles. The number of anilines is 1. The topological polar surface area (TPSA) is 81.1 Å². The van der Waals surface area contributed by atoms with E-state index in [2.05, 4.69) is 5.10 Å². The quantitative estimate of drug-likeness (QED) is 0.749. The van der Waals surface area contributed by atoms with Gasteiger partial charge in [-0.2, -0.15) is 5.10 Å². The van der Waals surface area contributed by atoms with Crippen molar-refractivity contribution in [1.29, 1.82) is 0 Å². The molecule has 1 aromatic heterocycles. The first-order chi connectivity index (χ1) is 7.59. The summed E-state index contributed by atoms with van der Waals surface area (Å²) < 4.78 is 14.8. The number of benzene rings is 1. The molecule has 0 bridgehead atoms. The van der Waals surface area contributed by atoms with Crippen LogP contribution >= 0.6 is 0 Å². The Balaban J connectivity index is 2.59. The van der Waals surface area contributed by atoms with E-state index in [0.717, 1.165) is 12.1 Å². The fourth-order valence-electron chi connectivity index (χ4n) is 1.35. The van der Waals surface area contributed by atoms with Crippen LogP contribution < -0.4 is 5.73 Å². The number of aromatic nitrogens is 2. The molecule has 0 saturated heterocycles. The van der Waals surface area contributed by atoms with Crippen molar-refractivity contribution in [2.45, 2.75) is 0 Å². The number of nitrogens with two attached hydrogens (primary N) is 1. The van der Waals surface area contributed by atoms with Crippen LogP contribution in [-0.4, -0.2) is 20.9 Å². The SMILES string of the molecule is Nc1cc(C(=O)O)c(F)cc1-n1cccn1. The summed E-state index contributed by atoms with van der Waals surface area (Å²) in [6.07, 6.45) is 3.11. The Morgan fingerprint density at radius 1 is 1.50 bits per heavy atom.